The molecule has 1 aliphatic rings. The lowest BCUT2D eigenvalue weighted by Crippen LogP contribution is -2.48. The van der Waals surface area contributed by atoms with Gasteiger partial charge in [0.25, 0.3) is 0 Å². The van der Waals surface area contributed by atoms with Crippen LogP contribution in [0.2, 0.25) is 0 Å². The number of nitrogen functional groups attached to an aromatic ring is 1. The predicted octanol–water partition coefficient (Wildman–Crippen LogP) is 0.765. The number of rotatable bonds is 3. The van der Waals surface area contributed by atoms with Gasteiger partial charge < -0.3 is 15.6 Å². The number of ether oxygens (including phenoxy) is 1. The second-order valence-electron chi connectivity index (χ2n) is 5.14. The third-order valence-electron chi connectivity index (χ3n) is 3.26. The summed E-state index contributed by atoms with van der Waals surface area (Å²) in [5, 5.41) is 8.89. The number of carboxylic acids is 1. The summed E-state index contributed by atoms with van der Waals surface area (Å²) in [6, 6.07) is 3.63. The molecule has 3 N–H and O–H groups in total. The Balaban J connectivity index is 2.37. The Hall–Kier alpha value is -1.64. The van der Waals surface area contributed by atoms with Crippen LogP contribution in [-0.2, 0) is 14.8 Å². The summed E-state index contributed by atoms with van der Waals surface area (Å²) in [5.41, 5.74) is 5.61. The number of nitrogens with two attached hydrogens (primary N) is 1. The first-order chi connectivity index (χ1) is 9.71. The van der Waals surface area contributed by atoms with Crippen LogP contribution in [0.3, 0.4) is 0 Å². The van der Waals surface area contributed by atoms with Crippen LogP contribution in [0.25, 0.3) is 0 Å². The number of hydrogen-bond acceptors (Lipinski definition) is 5. The van der Waals surface area contributed by atoms with Crippen molar-refractivity contribution in [2.75, 3.05) is 18.8 Å². The maximum Gasteiger partial charge on any atom is 0.335 e. The van der Waals surface area contributed by atoms with Gasteiger partial charge in [-0.15, -0.1) is 0 Å². The zero-order valence-electron chi connectivity index (χ0n) is 11.8. The van der Waals surface area contributed by atoms with Crippen molar-refractivity contribution in [3.05, 3.63) is 23.8 Å². The van der Waals surface area contributed by atoms with Crippen LogP contribution in [0, 0.1) is 0 Å². The van der Waals surface area contributed by atoms with E-state index in [2.05, 4.69) is 0 Å². The van der Waals surface area contributed by atoms with Gasteiger partial charge in [0.2, 0.25) is 10.0 Å². The van der Waals surface area contributed by atoms with Crippen molar-refractivity contribution in [1.82, 2.24) is 4.31 Å². The van der Waals surface area contributed by atoms with Gasteiger partial charge in [-0.05, 0) is 32.0 Å². The van der Waals surface area contributed by atoms with Gasteiger partial charge in [-0.2, -0.15) is 4.31 Å². The summed E-state index contributed by atoms with van der Waals surface area (Å²) in [5.74, 6) is -1.15. The molecule has 116 valence electrons. The van der Waals surface area contributed by atoms with E-state index < -0.39 is 16.0 Å². The lowest BCUT2D eigenvalue weighted by molar-refractivity contribution is -0.0440. The molecule has 2 rings (SSSR count). The van der Waals surface area contributed by atoms with Crippen LogP contribution >= 0.6 is 0 Å². The average Bonchev–Trinajstić information content (AvgIpc) is 2.36. The molecule has 21 heavy (non-hydrogen) atoms. The Morgan fingerprint density at radius 2 is 1.90 bits per heavy atom. The number of anilines is 1. The molecule has 1 saturated heterocycles. The zero-order valence-corrected chi connectivity index (χ0v) is 12.6. The normalized spacial score (nSPS) is 23.9. The molecule has 0 unspecified atom stereocenters. The highest BCUT2D eigenvalue weighted by atomic mass is 32.2. The van der Waals surface area contributed by atoms with Gasteiger partial charge in [0.1, 0.15) is 4.90 Å². The van der Waals surface area contributed by atoms with Crippen molar-refractivity contribution in [1.29, 1.82) is 0 Å². The highest BCUT2D eigenvalue weighted by Gasteiger charge is 2.33. The predicted molar refractivity (Wildman–Crippen MR) is 76.6 cm³/mol. The summed E-state index contributed by atoms with van der Waals surface area (Å²) in [6.45, 7) is 4.09. The van der Waals surface area contributed by atoms with Crippen LogP contribution in [0.4, 0.5) is 5.69 Å². The van der Waals surface area contributed by atoms with Crippen molar-refractivity contribution in [3.8, 4) is 0 Å². The third kappa shape index (κ3) is 3.17. The van der Waals surface area contributed by atoms with E-state index in [9.17, 15) is 13.2 Å². The number of benzene rings is 1. The minimum Gasteiger partial charge on any atom is -0.478 e. The molecule has 1 heterocycles. The van der Waals surface area contributed by atoms with Crippen molar-refractivity contribution in [2.45, 2.75) is 31.0 Å². The molecule has 7 nitrogen and oxygen atoms in total. The molecule has 0 bridgehead atoms. The maximum absolute atomic E-state index is 12.6. The summed E-state index contributed by atoms with van der Waals surface area (Å²) < 4.78 is 32.1. The van der Waals surface area contributed by atoms with Crippen LogP contribution in [-0.4, -0.2) is 49.1 Å². The first-order valence-electron chi connectivity index (χ1n) is 6.50. The number of aromatic carboxylic acids is 1. The van der Waals surface area contributed by atoms with E-state index in [0.29, 0.717) is 0 Å². The van der Waals surface area contributed by atoms with E-state index in [0.717, 1.165) is 6.07 Å². The Labute approximate surface area is 123 Å². The summed E-state index contributed by atoms with van der Waals surface area (Å²) in [7, 11) is -3.77. The van der Waals surface area contributed by atoms with Crippen LogP contribution in [0.5, 0.6) is 0 Å². The molecule has 1 aliphatic heterocycles. The van der Waals surface area contributed by atoms with Crippen LogP contribution in [0.15, 0.2) is 23.1 Å². The fraction of sp³-hybridized carbons (Fsp3) is 0.462. The number of hydrogen-bond donors (Lipinski definition) is 2. The fourth-order valence-electron chi connectivity index (χ4n) is 2.38. The van der Waals surface area contributed by atoms with E-state index in [1.54, 1.807) is 13.8 Å². The van der Waals surface area contributed by atoms with E-state index >= 15 is 0 Å². The standard InChI is InChI=1S/C13H18N2O5S/c1-8-6-15(7-9(2)20-8)21(18,19)12-4-3-10(13(16)17)5-11(12)14/h3-5,8-9H,6-7,14H2,1-2H3,(H,16,17)/t8-,9+. The topological polar surface area (TPSA) is 110 Å². The molecular weight excluding hydrogens is 296 g/mol. The largest absolute Gasteiger partial charge is 0.478 e. The molecule has 0 aromatic heterocycles. The number of nitrogens with zero attached hydrogens (tertiary/aromatic N) is 1. The molecule has 0 spiro atoms. The molecular formula is C13H18N2O5S. The van der Waals surface area contributed by atoms with E-state index in [1.807, 2.05) is 0 Å². The average molecular weight is 314 g/mol. The fourth-order valence-corrected chi connectivity index (χ4v) is 4.07. The van der Waals surface area contributed by atoms with Gasteiger partial charge in [-0.1, -0.05) is 0 Å². The Morgan fingerprint density at radius 3 is 2.38 bits per heavy atom. The van der Waals surface area contributed by atoms with Crippen molar-refractivity contribution in [2.24, 2.45) is 0 Å². The summed E-state index contributed by atoms with van der Waals surface area (Å²) in [6.07, 6.45) is -0.411. The highest BCUT2D eigenvalue weighted by molar-refractivity contribution is 7.89. The highest BCUT2D eigenvalue weighted by Crippen LogP contribution is 2.26. The quantitative estimate of drug-likeness (QED) is 0.797. The summed E-state index contributed by atoms with van der Waals surface area (Å²) >= 11 is 0. The van der Waals surface area contributed by atoms with Crippen LogP contribution < -0.4 is 5.73 Å². The lowest BCUT2D eigenvalue weighted by Gasteiger charge is -2.34. The third-order valence-corrected chi connectivity index (χ3v) is 5.17. The molecule has 8 heteroatoms. The first kappa shape index (κ1) is 15.7. The maximum atomic E-state index is 12.6. The molecule has 1 aromatic carbocycles. The van der Waals surface area contributed by atoms with Crippen molar-refractivity contribution in [3.63, 3.8) is 0 Å². The Kier molecular flexibility index (Phi) is 4.22. The first-order valence-corrected chi connectivity index (χ1v) is 7.94. The molecule has 1 fully saturated rings. The Bertz CT molecular complexity index is 649. The van der Waals surface area contributed by atoms with Gasteiger partial charge in [0.05, 0.1) is 23.5 Å². The minimum absolute atomic E-state index is 0.0461. The monoisotopic (exact) mass is 314 g/mol. The molecule has 1 aromatic rings. The number of carboxylic acid groups (broad SMARTS) is 1. The molecule has 0 saturated carbocycles. The number of carbonyl (C=O) groups is 1. The number of morpholine rings is 1. The van der Waals surface area contributed by atoms with Gasteiger partial charge >= 0.3 is 5.97 Å². The second kappa shape index (κ2) is 5.63. The van der Waals surface area contributed by atoms with Gasteiger partial charge in [-0.3, -0.25) is 0 Å². The van der Waals surface area contributed by atoms with E-state index in [4.69, 9.17) is 15.6 Å². The zero-order chi connectivity index (χ0) is 15.8. The molecule has 0 aliphatic carbocycles. The molecule has 0 amide bonds. The second-order valence-corrected chi connectivity index (χ2v) is 7.04. The van der Waals surface area contributed by atoms with Crippen molar-refractivity contribution < 1.29 is 23.1 Å². The Morgan fingerprint density at radius 1 is 1.33 bits per heavy atom. The SMILES string of the molecule is C[C@@H]1CN(S(=O)(=O)c2ccc(C(=O)O)cc2N)C[C@H](C)O1. The van der Waals surface area contributed by atoms with E-state index in [1.165, 1.54) is 16.4 Å². The van der Waals surface area contributed by atoms with E-state index in [-0.39, 0.29) is 41.4 Å². The smallest absolute Gasteiger partial charge is 0.335 e. The van der Waals surface area contributed by atoms with Gasteiger partial charge in [0.15, 0.2) is 0 Å². The minimum atomic E-state index is -3.77. The molecule has 2 atom stereocenters. The van der Waals surface area contributed by atoms with Gasteiger partial charge in [0, 0.05) is 13.1 Å². The van der Waals surface area contributed by atoms with Gasteiger partial charge in [-0.25, -0.2) is 13.2 Å². The summed E-state index contributed by atoms with van der Waals surface area (Å²) in [4.78, 5) is 10.8. The molecule has 0 radical (unpaired) electrons. The lowest BCUT2D eigenvalue weighted by atomic mass is 10.2. The van der Waals surface area contributed by atoms with Crippen LogP contribution in [0.1, 0.15) is 24.2 Å². The number of sulfonamides is 1. The van der Waals surface area contributed by atoms with Crippen molar-refractivity contribution >= 4 is 21.7 Å².